The maximum atomic E-state index is 13.0. The number of nitrogens with one attached hydrogen (secondary N) is 1. The monoisotopic (exact) mass is 428 g/mol. The van der Waals surface area contributed by atoms with Gasteiger partial charge in [0.25, 0.3) is 5.91 Å². The van der Waals surface area contributed by atoms with Gasteiger partial charge < -0.3 is 10.1 Å². The Balaban J connectivity index is 1.59. The van der Waals surface area contributed by atoms with Crippen molar-refractivity contribution >= 4 is 35.1 Å². The summed E-state index contributed by atoms with van der Waals surface area (Å²) in [5.41, 5.74) is 3.29. The van der Waals surface area contributed by atoms with E-state index in [1.165, 1.54) is 0 Å². The largest absolute Gasteiger partial charge is 0.481 e. The molecule has 1 N–H and O–H groups in total. The number of pyridine rings is 1. The van der Waals surface area contributed by atoms with Crippen LogP contribution in [-0.2, 0) is 11.2 Å². The van der Waals surface area contributed by atoms with Crippen molar-refractivity contribution in [1.82, 2.24) is 4.98 Å². The average Bonchev–Trinajstić information content (AvgIpc) is 2.77. The lowest BCUT2D eigenvalue weighted by Gasteiger charge is -2.18. The van der Waals surface area contributed by atoms with Crippen LogP contribution in [0, 0.1) is 11.8 Å². The summed E-state index contributed by atoms with van der Waals surface area (Å²) in [6.07, 6.45) is 3.73. The van der Waals surface area contributed by atoms with E-state index >= 15 is 0 Å². The molecular formula is C25H17ClN2O3. The van der Waals surface area contributed by atoms with Crippen LogP contribution in [0.3, 0.4) is 0 Å². The normalized spacial score (nSPS) is 13.8. The molecule has 31 heavy (non-hydrogen) atoms. The lowest BCUT2D eigenvalue weighted by atomic mass is 9.94. The zero-order chi connectivity index (χ0) is 21.8. The summed E-state index contributed by atoms with van der Waals surface area (Å²) in [6, 6.07) is 15.8. The number of ketones is 1. The summed E-state index contributed by atoms with van der Waals surface area (Å²) in [4.78, 5) is 29.5. The molecule has 1 amide bonds. The Hall–Kier alpha value is -3.88. The second-order valence-electron chi connectivity index (χ2n) is 6.84. The van der Waals surface area contributed by atoms with Gasteiger partial charge in [-0.05, 0) is 53.6 Å². The van der Waals surface area contributed by atoms with Crippen LogP contribution in [0.2, 0.25) is 5.02 Å². The Morgan fingerprint density at radius 3 is 2.81 bits per heavy atom. The summed E-state index contributed by atoms with van der Waals surface area (Å²) < 4.78 is 5.12. The van der Waals surface area contributed by atoms with Gasteiger partial charge in [-0.25, -0.2) is 4.98 Å². The van der Waals surface area contributed by atoms with Crippen molar-refractivity contribution in [3.8, 4) is 17.7 Å². The van der Waals surface area contributed by atoms with Gasteiger partial charge in [0.05, 0.1) is 18.4 Å². The van der Waals surface area contributed by atoms with E-state index in [2.05, 4.69) is 22.1 Å². The van der Waals surface area contributed by atoms with Gasteiger partial charge in [-0.2, -0.15) is 0 Å². The van der Waals surface area contributed by atoms with Gasteiger partial charge in [0.15, 0.2) is 0 Å². The topological polar surface area (TPSA) is 68.3 Å². The van der Waals surface area contributed by atoms with Gasteiger partial charge in [-0.15, -0.1) is 0 Å². The molecule has 0 saturated heterocycles. The van der Waals surface area contributed by atoms with Crippen LogP contribution in [0.25, 0.3) is 6.08 Å². The molecule has 0 aliphatic carbocycles. The highest BCUT2D eigenvalue weighted by Crippen LogP contribution is 2.28. The molecule has 1 aliphatic heterocycles. The first-order chi connectivity index (χ1) is 15.0. The number of Topliss-reactive ketones (excluding diaryl/α,β-unsaturated/α-hetero) is 1. The van der Waals surface area contributed by atoms with Crippen molar-refractivity contribution in [3.05, 3.63) is 93.6 Å². The second kappa shape index (κ2) is 8.86. The SMILES string of the molecule is COc1cc(CC#Cc2ccc3c(c2)C(=O)/C(=C/c2cccc(Cl)c2)C(=O)N3)ccn1. The highest BCUT2D eigenvalue weighted by molar-refractivity contribution is 6.36. The lowest BCUT2D eigenvalue weighted by molar-refractivity contribution is -0.112. The van der Waals surface area contributed by atoms with Crippen LogP contribution in [0.15, 0.2) is 66.4 Å². The molecule has 0 saturated carbocycles. The Morgan fingerprint density at radius 1 is 1.13 bits per heavy atom. The van der Waals surface area contributed by atoms with E-state index in [1.807, 2.05) is 12.1 Å². The van der Waals surface area contributed by atoms with Crippen molar-refractivity contribution in [2.45, 2.75) is 6.42 Å². The molecule has 0 spiro atoms. The van der Waals surface area contributed by atoms with Crippen LogP contribution < -0.4 is 10.1 Å². The molecule has 0 radical (unpaired) electrons. The predicted octanol–water partition coefficient (Wildman–Crippen LogP) is 4.56. The highest BCUT2D eigenvalue weighted by atomic mass is 35.5. The standard InChI is InChI=1S/C25H17ClN2O3/c1-31-23-15-17(10-11-27-23)5-2-4-16-8-9-22-20(13-16)24(29)21(25(30)28-22)14-18-6-3-7-19(26)12-18/h3,6-15H,5H2,1H3,(H,28,30)/b21-14-. The molecule has 1 aromatic heterocycles. The molecule has 152 valence electrons. The fraction of sp³-hybridized carbons (Fsp3) is 0.0800. The van der Waals surface area contributed by atoms with E-state index in [1.54, 1.807) is 61.8 Å². The van der Waals surface area contributed by atoms with E-state index in [0.717, 1.165) is 5.56 Å². The number of nitrogens with zero attached hydrogens (tertiary/aromatic N) is 1. The summed E-state index contributed by atoms with van der Waals surface area (Å²) in [7, 11) is 1.57. The third-order valence-electron chi connectivity index (χ3n) is 4.69. The van der Waals surface area contributed by atoms with Gasteiger partial charge in [-0.1, -0.05) is 35.6 Å². The average molecular weight is 429 g/mol. The van der Waals surface area contributed by atoms with Crippen molar-refractivity contribution in [3.63, 3.8) is 0 Å². The Morgan fingerprint density at radius 2 is 2.00 bits per heavy atom. The third-order valence-corrected chi connectivity index (χ3v) is 4.93. The molecule has 0 bridgehead atoms. The van der Waals surface area contributed by atoms with Crippen LogP contribution >= 0.6 is 11.6 Å². The number of hydrogen-bond donors (Lipinski definition) is 1. The summed E-state index contributed by atoms with van der Waals surface area (Å²) in [5.74, 6) is 5.91. The third kappa shape index (κ3) is 4.66. The van der Waals surface area contributed by atoms with Gasteiger partial charge in [0.1, 0.15) is 0 Å². The van der Waals surface area contributed by atoms with Crippen LogP contribution in [0.1, 0.15) is 27.0 Å². The summed E-state index contributed by atoms with van der Waals surface area (Å²) >= 11 is 6.01. The minimum atomic E-state index is -0.442. The summed E-state index contributed by atoms with van der Waals surface area (Å²) in [5, 5.41) is 3.30. The number of amides is 1. The molecule has 2 aromatic carbocycles. The Labute approximate surface area is 184 Å². The molecule has 6 heteroatoms. The van der Waals surface area contributed by atoms with Crippen molar-refractivity contribution < 1.29 is 14.3 Å². The first kappa shape index (κ1) is 20.4. The fourth-order valence-electron chi connectivity index (χ4n) is 3.17. The number of benzene rings is 2. The molecule has 1 aliphatic rings. The fourth-order valence-corrected chi connectivity index (χ4v) is 3.37. The van der Waals surface area contributed by atoms with Crippen molar-refractivity contribution in [1.29, 1.82) is 0 Å². The quantitative estimate of drug-likeness (QED) is 0.377. The molecule has 4 rings (SSSR count). The lowest BCUT2D eigenvalue weighted by Crippen LogP contribution is -2.27. The van der Waals surface area contributed by atoms with Gasteiger partial charge in [0, 0.05) is 34.8 Å². The second-order valence-corrected chi connectivity index (χ2v) is 7.28. The zero-order valence-electron chi connectivity index (χ0n) is 16.6. The maximum Gasteiger partial charge on any atom is 0.259 e. The first-order valence-corrected chi connectivity index (χ1v) is 9.86. The van der Waals surface area contributed by atoms with E-state index in [0.29, 0.717) is 39.7 Å². The zero-order valence-corrected chi connectivity index (χ0v) is 17.4. The minimum Gasteiger partial charge on any atom is -0.481 e. The molecule has 5 nitrogen and oxygen atoms in total. The number of carbonyl (C=O) groups is 2. The molecule has 2 heterocycles. The molecular weight excluding hydrogens is 412 g/mol. The Bertz CT molecular complexity index is 1290. The number of hydrogen-bond acceptors (Lipinski definition) is 4. The number of fused-ring (bicyclic) bond motifs is 1. The van der Waals surface area contributed by atoms with Crippen LogP contribution in [-0.4, -0.2) is 23.8 Å². The molecule has 0 atom stereocenters. The number of anilines is 1. The van der Waals surface area contributed by atoms with Gasteiger partial charge in [-0.3, -0.25) is 9.59 Å². The van der Waals surface area contributed by atoms with E-state index in [4.69, 9.17) is 16.3 Å². The molecule has 3 aromatic rings. The number of methoxy groups -OCH3 is 1. The van der Waals surface area contributed by atoms with Gasteiger partial charge in [0.2, 0.25) is 11.7 Å². The van der Waals surface area contributed by atoms with Crippen molar-refractivity contribution in [2.75, 3.05) is 12.4 Å². The number of ether oxygens (including phenoxy) is 1. The maximum absolute atomic E-state index is 13.0. The van der Waals surface area contributed by atoms with E-state index < -0.39 is 5.91 Å². The Kier molecular flexibility index (Phi) is 5.83. The van der Waals surface area contributed by atoms with Crippen molar-refractivity contribution in [2.24, 2.45) is 0 Å². The van der Waals surface area contributed by atoms with Crippen LogP contribution in [0.5, 0.6) is 5.88 Å². The van der Waals surface area contributed by atoms with Gasteiger partial charge >= 0.3 is 0 Å². The minimum absolute atomic E-state index is 0.0590. The van der Waals surface area contributed by atoms with E-state index in [-0.39, 0.29) is 11.4 Å². The van der Waals surface area contributed by atoms with Crippen LogP contribution in [0.4, 0.5) is 5.69 Å². The number of aromatic nitrogens is 1. The molecule has 0 unspecified atom stereocenters. The smallest absolute Gasteiger partial charge is 0.259 e. The number of carbonyl (C=O) groups excluding carboxylic acids is 2. The first-order valence-electron chi connectivity index (χ1n) is 9.48. The summed E-state index contributed by atoms with van der Waals surface area (Å²) in [6.45, 7) is 0. The number of rotatable bonds is 3. The number of halogens is 1. The predicted molar refractivity (Wildman–Crippen MR) is 120 cm³/mol. The van der Waals surface area contributed by atoms with E-state index in [9.17, 15) is 9.59 Å². The highest BCUT2D eigenvalue weighted by Gasteiger charge is 2.28. The molecule has 0 fully saturated rings.